The van der Waals surface area contributed by atoms with E-state index in [-0.39, 0.29) is 22.4 Å². The van der Waals surface area contributed by atoms with Gasteiger partial charge in [-0.25, -0.2) is 18.0 Å². The Labute approximate surface area is 236 Å². The van der Waals surface area contributed by atoms with E-state index < -0.39 is 71.5 Å². The third-order valence-electron chi connectivity index (χ3n) is 6.31. The maximum Gasteiger partial charge on any atom is 0.471 e. The van der Waals surface area contributed by atoms with Crippen LogP contribution >= 0.6 is 15.6 Å². The molecule has 42 heavy (non-hydrogen) atoms. The van der Waals surface area contributed by atoms with Crippen molar-refractivity contribution in [1.29, 1.82) is 5.41 Å². The van der Waals surface area contributed by atoms with Crippen LogP contribution in [0.4, 0.5) is 4.39 Å². The zero-order chi connectivity index (χ0) is 30.9. The van der Waals surface area contributed by atoms with Crippen LogP contribution in [-0.2, 0) is 34.4 Å². The smallest absolute Gasteiger partial charge is 0.471 e. The minimum Gasteiger partial charge on any atom is -0.480 e. The predicted octanol–water partition coefficient (Wildman–Crippen LogP) is 0.450. The first-order valence-corrected chi connectivity index (χ1v) is 15.2. The summed E-state index contributed by atoms with van der Waals surface area (Å²) < 4.78 is 62.1. The molecule has 4 rings (SSSR count). The van der Waals surface area contributed by atoms with Crippen LogP contribution in [-0.4, -0.2) is 82.4 Å². The number of carboxylic acid groups (broad SMARTS) is 1. The van der Waals surface area contributed by atoms with Gasteiger partial charge in [-0.05, 0) is 31.2 Å². The van der Waals surface area contributed by atoms with E-state index in [1.807, 2.05) is 0 Å². The van der Waals surface area contributed by atoms with E-state index in [1.54, 1.807) is 18.2 Å². The number of halogens is 1. The van der Waals surface area contributed by atoms with Gasteiger partial charge in [-0.1, -0.05) is 18.2 Å². The number of phosphoric acid groups is 1. The number of aromatic nitrogens is 3. The van der Waals surface area contributed by atoms with Crippen molar-refractivity contribution in [3.8, 4) is 5.75 Å². The Bertz CT molecular complexity index is 1580. The Morgan fingerprint density at radius 3 is 2.52 bits per heavy atom. The van der Waals surface area contributed by atoms with Crippen LogP contribution < -0.4 is 15.1 Å². The number of hydrogen-bond acceptors (Lipinski definition) is 11. The number of ether oxygens (including phenoxy) is 1. The van der Waals surface area contributed by atoms with E-state index in [1.165, 1.54) is 31.2 Å². The molecule has 230 valence electrons. The number of alkyl halides is 1. The normalized spacial score (nSPS) is 24.9. The fourth-order valence-corrected chi connectivity index (χ4v) is 5.92. The third-order valence-corrected chi connectivity index (χ3v) is 8.38. The molecule has 0 radical (unpaired) electrons. The van der Waals surface area contributed by atoms with Crippen LogP contribution in [0.3, 0.4) is 0 Å². The first kappa shape index (κ1) is 31.9. The van der Waals surface area contributed by atoms with Gasteiger partial charge in [0.25, 0.3) is 0 Å². The lowest BCUT2D eigenvalue weighted by Crippen LogP contribution is -2.49. The monoisotopic (exact) mass is 635 g/mol. The molecule has 0 spiro atoms. The lowest BCUT2D eigenvalue weighted by Gasteiger charge is -2.31. The lowest BCUT2D eigenvalue weighted by atomic mass is 9.96. The van der Waals surface area contributed by atoms with Crippen LogP contribution in [0.2, 0.25) is 0 Å². The fourth-order valence-electron chi connectivity index (χ4n) is 4.09. The van der Waals surface area contributed by atoms with E-state index in [4.69, 9.17) is 29.0 Å². The van der Waals surface area contributed by atoms with Gasteiger partial charge >= 0.3 is 21.5 Å². The molecule has 1 aromatic carbocycles. The number of fused-ring (bicyclic) bond motifs is 1. The number of carbonyl (C=O) groups is 1. The van der Waals surface area contributed by atoms with Gasteiger partial charge in [0.05, 0.1) is 12.3 Å². The van der Waals surface area contributed by atoms with Crippen molar-refractivity contribution in [2.24, 2.45) is 0 Å². The standard InChI is InChI=1S/C22H28FN5O12P2/c1-13(21(31)32)26-41(33,40-14-5-3-2-4-6-14)37-10-22(9-23)19(30)17(29)18(39-22)15-7-8-16-20(24)27(11-25-28(15)16)12-38-42(34,35)36/h2-8,11,13,17-19,24,29-30H,9-10,12H2,1H3,(H,26,33)(H,31,32)(H2,34,35,36)/t13?,17-,18-,19-,22+,41-/m0/s1. The average molecular weight is 635 g/mol. The van der Waals surface area contributed by atoms with Crippen molar-refractivity contribution in [3.63, 3.8) is 0 Å². The summed E-state index contributed by atoms with van der Waals surface area (Å²) in [5.74, 6) is -1.36. The zero-order valence-corrected chi connectivity index (χ0v) is 23.5. The summed E-state index contributed by atoms with van der Waals surface area (Å²) in [6.07, 6.45) is -4.15. The molecule has 2 aromatic heterocycles. The van der Waals surface area contributed by atoms with Gasteiger partial charge in [-0.2, -0.15) is 10.2 Å². The summed E-state index contributed by atoms with van der Waals surface area (Å²) in [4.78, 5) is 29.2. The zero-order valence-electron chi connectivity index (χ0n) is 21.8. The Morgan fingerprint density at radius 2 is 1.90 bits per heavy atom. The average Bonchev–Trinajstić information content (AvgIpc) is 3.47. The molecule has 0 bridgehead atoms. The SMILES string of the molecule is CC(N[P@](=O)(OC[C@@]1(CF)O[C@@H](c2ccc3c(=N)n(COP(=O)(O)O)cnn23)[C@H](O)[C@@H]1O)Oc1ccccc1)C(=O)O. The Kier molecular flexibility index (Phi) is 9.34. The summed E-state index contributed by atoms with van der Waals surface area (Å²) in [5, 5.41) is 45.5. The number of nitrogens with one attached hydrogen (secondary N) is 2. The predicted molar refractivity (Wildman–Crippen MR) is 138 cm³/mol. The first-order chi connectivity index (χ1) is 19.7. The number of nitrogens with zero attached hydrogens (tertiary/aromatic N) is 3. The van der Waals surface area contributed by atoms with Crippen molar-refractivity contribution in [1.82, 2.24) is 19.3 Å². The maximum absolute atomic E-state index is 14.5. The number of benzene rings is 1. The van der Waals surface area contributed by atoms with Gasteiger partial charge in [0, 0.05) is 0 Å². The molecule has 0 saturated carbocycles. The molecule has 6 atom stereocenters. The van der Waals surface area contributed by atoms with Crippen LogP contribution in [0.25, 0.3) is 5.52 Å². The molecule has 0 aliphatic carbocycles. The van der Waals surface area contributed by atoms with E-state index in [0.29, 0.717) is 0 Å². The van der Waals surface area contributed by atoms with Gasteiger partial charge in [-0.15, -0.1) is 0 Å². The van der Waals surface area contributed by atoms with Crippen molar-refractivity contribution in [2.45, 2.75) is 43.6 Å². The molecule has 1 aliphatic heterocycles. The Morgan fingerprint density at radius 1 is 1.21 bits per heavy atom. The Balaban J connectivity index is 1.59. The van der Waals surface area contributed by atoms with E-state index in [9.17, 15) is 33.6 Å². The number of phosphoric ester groups is 1. The summed E-state index contributed by atoms with van der Waals surface area (Å²) in [6, 6.07) is 8.89. The molecular weight excluding hydrogens is 607 g/mol. The van der Waals surface area contributed by atoms with Crippen LogP contribution in [0.15, 0.2) is 48.8 Å². The maximum atomic E-state index is 14.5. The number of rotatable bonds is 13. The molecule has 1 aliphatic rings. The number of aliphatic hydroxyl groups is 2. The summed E-state index contributed by atoms with van der Waals surface area (Å²) in [5.41, 5.74) is -2.46. The minimum atomic E-state index is -4.84. The molecule has 1 unspecified atom stereocenters. The minimum absolute atomic E-state index is 0.0337. The molecule has 0 amide bonds. The van der Waals surface area contributed by atoms with Gasteiger partial charge in [0.1, 0.15) is 61.0 Å². The number of aliphatic hydroxyl groups excluding tert-OH is 2. The topological polar surface area (TPSA) is 247 Å². The molecule has 17 nitrogen and oxygen atoms in total. The number of hydrogen-bond donors (Lipinski definition) is 7. The second-order valence-electron chi connectivity index (χ2n) is 9.29. The molecule has 1 fully saturated rings. The van der Waals surface area contributed by atoms with Crippen LogP contribution in [0.1, 0.15) is 18.7 Å². The number of carboxylic acids is 1. The highest BCUT2D eigenvalue weighted by molar-refractivity contribution is 7.52. The van der Waals surface area contributed by atoms with Crippen molar-refractivity contribution < 1.29 is 61.7 Å². The second kappa shape index (κ2) is 12.3. The highest BCUT2D eigenvalue weighted by atomic mass is 31.2. The molecule has 20 heteroatoms. The summed E-state index contributed by atoms with van der Waals surface area (Å²) in [6.45, 7) is -1.93. The second-order valence-corrected chi connectivity index (χ2v) is 12.2. The quantitative estimate of drug-likeness (QED) is 0.126. The van der Waals surface area contributed by atoms with Crippen molar-refractivity contribution in [3.05, 3.63) is 60.0 Å². The number of aliphatic carboxylic acids is 1. The molecule has 3 aromatic rings. The summed E-state index contributed by atoms with van der Waals surface area (Å²) in [7, 11) is -9.38. The molecule has 3 heterocycles. The fraction of sp³-hybridized carbons (Fsp3) is 0.409. The molecular formula is C22H28FN5O12P2. The highest BCUT2D eigenvalue weighted by Gasteiger charge is 2.57. The summed E-state index contributed by atoms with van der Waals surface area (Å²) >= 11 is 0. The van der Waals surface area contributed by atoms with Gasteiger partial charge in [-0.3, -0.25) is 23.8 Å². The van der Waals surface area contributed by atoms with E-state index in [0.717, 1.165) is 15.4 Å². The third kappa shape index (κ3) is 6.79. The molecule has 1 saturated heterocycles. The first-order valence-electron chi connectivity index (χ1n) is 12.1. The highest BCUT2D eigenvalue weighted by Crippen LogP contribution is 2.48. The lowest BCUT2D eigenvalue weighted by molar-refractivity contribution is -0.138. The van der Waals surface area contributed by atoms with E-state index in [2.05, 4.69) is 14.7 Å². The van der Waals surface area contributed by atoms with Gasteiger partial charge in [0.15, 0.2) is 5.49 Å². The van der Waals surface area contributed by atoms with E-state index >= 15 is 0 Å². The number of para-hydroxylation sites is 1. The van der Waals surface area contributed by atoms with Crippen molar-refractivity contribution in [2.75, 3.05) is 13.3 Å². The van der Waals surface area contributed by atoms with Gasteiger partial charge < -0.3 is 34.4 Å². The Hall–Kier alpha value is -3.02. The van der Waals surface area contributed by atoms with Crippen LogP contribution in [0.5, 0.6) is 5.75 Å². The van der Waals surface area contributed by atoms with Crippen LogP contribution in [0, 0.1) is 5.41 Å². The molecule has 7 N–H and O–H groups in total. The van der Waals surface area contributed by atoms with Crippen molar-refractivity contribution >= 4 is 27.1 Å². The van der Waals surface area contributed by atoms with Gasteiger partial charge in [0.2, 0.25) is 0 Å². The largest absolute Gasteiger partial charge is 0.480 e.